The molecule has 1 saturated carbocycles. The van der Waals surface area contributed by atoms with Crippen molar-refractivity contribution in [1.29, 1.82) is 0 Å². The van der Waals surface area contributed by atoms with Crippen molar-refractivity contribution in [1.82, 2.24) is 5.32 Å². The van der Waals surface area contributed by atoms with E-state index in [9.17, 15) is 4.79 Å². The van der Waals surface area contributed by atoms with Crippen LogP contribution in [0.25, 0.3) is 0 Å². The minimum absolute atomic E-state index is 0.00574. The summed E-state index contributed by atoms with van der Waals surface area (Å²) in [5.74, 6) is 0.892. The lowest BCUT2D eigenvalue weighted by molar-refractivity contribution is -0.151. The third-order valence-corrected chi connectivity index (χ3v) is 4.97. The van der Waals surface area contributed by atoms with Crippen LogP contribution in [0, 0.1) is 5.92 Å². The Bertz CT molecular complexity index is 570. The van der Waals surface area contributed by atoms with Crippen molar-refractivity contribution in [3.8, 4) is 0 Å². The van der Waals surface area contributed by atoms with Crippen molar-refractivity contribution in [2.75, 3.05) is 33.0 Å². The summed E-state index contributed by atoms with van der Waals surface area (Å²) in [6.45, 7) is 1.74. The van der Waals surface area contributed by atoms with Gasteiger partial charge in [-0.2, -0.15) is 11.3 Å². The van der Waals surface area contributed by atoms with Crippen molar-refractivity contribution in [2.45, 2.75) is 31.5 Å². The highest BCUT2D eigenvalue weighted by molar-refractivity contribution is 7.08. The van der Waals surface area contributed by atoms with Crippen LogP contribution in [-0.2, 0) is 19.0 Å². The molecular weight excluding hydrogens is 342 g/mol. The van der Waals surface area contributed by atoms with E-state index >= 15 is 0 Å². The quantitative estimate of drug-likeness (QED) is 0.619. The van der Waals surface area contributed by atoms with Crippen molar-refractivity contribution >= 4 is 17.2 Å². The number of allylic oxidation sites excluding steroid dienone is 1. The SMILES string of the molecule is O=C(NCC1CC1)C1=CC(c2ccsc2)CC(OCCOCCO)O1. The van der Waals surface area contributed by atoms with Gasteiger partial charge in [0.05, 0.1) is 26.4 Å². The van der Waals surface area contributed by atoms with Crippen LogP contribution in [0.2, 0.25) is 0 Å². The Hall–Kier alpha value is -1.41. The van der Waals surface area contributed by atoms with Gasteiger partial charge in [-0.15, -0.1) is 0 Å². The van der Waals surface area contributed by atoms with Crippen LogP contribution >= 0.6 is 11.3 Å². The summed E-state index contributed by atoms with van der Waals surface area (Å²) in [6, 6.07) is 2.07. The first-order valence-corrected chi connectivity index (χ1v) is 9.69. The predicted octanol–water partition coefficient (Wildman–Crippen LogP) is 2.01. The third-order valence-electron chi connectivity index (χ3n) is 4.27. The average Bonchev–Trinajstić information content (AvgIpc) is 3.30. The molecule has 0 saturated heterocycles. The number of aliphatic hydroxyl groups is 1. The Labute approximate surface area is 151 Å². The van der Waals surface area contributed by atoms with Crippen LogP contribution in [-0.4, -0.2) is 50.3 Å². The Morgan fingerprint density at radius 1 is 1.36 bits per heavy atom. The Balaban J connectivity index is 1.57. The fourth-order valence-electron chi connectivity index (χ4n) is 2.69. The zero-order valence-corrected chi connectivity index (χ0v) is 15.0. The predicted molar refractivity (Wildman–Crippen MR) is 94.2 cm³/mol. The molecule has 1 fully saturated rings. The molecule has 1 aliphatic carbocycles. The first kappa shape index (κ1) is 18.4. The molecule has 0 radical (unpaired) electrons. The van der Waals surface area contributed by atoms with Gasteiger partial charge >= 0.3 is 0 Å². The molecule has 1 aromatic rings. The van der Waals surface area contributed by atoms with Gasteiger partial charge in [-0.1, -0.05) is 0 Å². The third kappa shape index (κ3) is 5.81. The number of carbonyl (C=O) groups excluding carboxylic acids is 1. The van der Waals surface area contributed by atoms with Crippen molar-refractivity contribution in [3.63, 3.8) is 0 Å². The second-order valence-corrected chi connectivity index (χ2v) is 7.12. The summed E-state index contributed by atoms with van der Waals surface area (Å²) in [6.07, 6.45) is 4.46. The molecule has 1 aromatic heterocycles. The van der Waals surface area contributed by atoms with Crippen LogP contribution in [0.1, 0.15) is 30.7 Å². The molecule has 2 atom stereocenters. The number of nitrogens with one attached hydrogen (secondary N) is 1. The molecule has 0 spiro atoms. The maximum Gasteiger partial charge on any atom is 0.286 e. The molecule has 0 aromatic carbocycles. The van der Waals surface area contributed by atoms with Gasteiger partial charge in [0.25, 0.3) is 5.91 Å². The van der Waals surface area contributed by atoms with Gasteiger partial charge < -0.3 is 24.6 Å². The fourth-order valence-corrected chi connectivity index (χ4v) is 3.41. The van der Waals surface area contributed by atoms with E-state index in [0.29, 0.717) is 44.5 Å². The number of aliphatic hydroxyl groups excluding tert-OH is 1. The zero-order valence-electron chi connectivity index (χ0n) is 14.2. The van der Waals surface area contributed by atoms with E-state index in [1.807, 2.05) is 11.5 Å². The molecule has 1 amide bonds. The summed E-state index contributed by atoms with van der Waals surface area (Å²) >= 11 is 1.64. The van der Waals surface area contributed by atoms with Crippen LogP contribution in [0.15, 0.2) is 28.7 Å². The lowest BCUT2D eigenvalue weighted by atomic mass is 9.95. The highest BCUT2D eigenvalue weighted by atomic mass is 32.1. The molecule has 0 bridgehead atoms. The minimum Gasteiger partial charge on any atom is -0.459 e. The molecule has 2 heterocycles. The molecule has 138 valence electrons. The van der Waals surface area contributed by atoms with E-state index in [1.54, 1.807) is 11.3 Å². The van der Waals surface area contributed by atoms with E-state index in [0.717, 1.165) is 0 Å². The first-order valence-electron chi connectivity index (χ1n) is 8.75. The normalized spacial score (nSPS) is 23.0. The standard InChI is InChI=1S/C18H25NO5S/c20-4-5-22-6-7-23-17-10-15(14-3-8-25-12-14)9-16(24-17)18(21)19-11-13-1-2-13/h3,8-9,12-13,15,17,20H,1-2,4-7,10-11H2,(H,19,21). The largest absolute Gasteiger partial charge is 0.459 e. The van der Waals surface area contributed by atoms with E-state index in [1.165, 1.54) is 18.4 Å². The lowest BCUT2D eigenvalue weighted by Crippen LogP contribution is -2.34. The second-order valence-electron chi connectivity index (χ2n) is 6.34. The molecule has 2 unspecified atom stereocenters. The average molecular weight is 367 g/mol. The van der Waals surface area contributed by atoms with Crippen molar-refractivity contribution in [2.24, 2.45) is 5.92 Å². The lowest BCUT2D eigenvalue weighted by Gasteiger charge is -2.29. The highest BCUT2D eigenvalue weighted by Crippen LogP contribution is 2.33. The van der Waals surface area contributed by atoms with Gasteiger partial charge in [-0.05, 0) is 47.2 Å². The summed E-state index contributed by atoms with van der Waals surface area (Å²) in [5, 5.41) is 15.8. The summed E-state index contributed by atoms with van der Waals surface area (Å²) in [7, 11) is 0. The molecule has 3 rings (SSSR count). The molecule has 2 N–H and O–H groups in total. The summed E-state index contributed by atoms with van der Waals surface area (Å²) in [4.78, 5) is 12.4. The molecule has 25 heavy (non-hydrogen) atoms. The number of carbonyl (C=O) groups is 1. The minimum atomic E-state index is -0.477. The van der Waals surface area contributed by atoms with Gasteiger partial charge in [0.1, 0.15) is 0 Å². The molecule has 2 aliphatic rings. The highest BCUT2D eigenvalue weighted by Gasteiger charge is 2.30. The Kier molecular flexibility index (Phi) is 6.86. The van der Waals surface area contributed by atoms with Crippen molar-refractivity contribution in [3.05, 3.63) is 34.2 Å². The monoisotopic (exact) mass is 367 g/mol. The fraction of sp³-hybridized carbons (Fsp3) is 0.611. The number of hydrogen-bond acceptors (Lipinski definition) is 6. The summed E-state index contributed by atoms with van der Waals surface area (Å²) < 4.78 is 16.7. The van der Waals surface area contributed by atoms with Crippen LogP contribution < -0.4 is 5.32 Å². The first-order chi connectivity index (χ1) is 12.3. The van der Waals surface area contributed by atoms with Gasteiger partial charge in [0, 0.05) is 18.9 Å². The molecule has 1 aliphatic heterocycles. The smallest absolute Gasteiger partial charge is 0.286 e. The van der Waals surface area contributed by atoms with E-state index in [4.69, 9.17) is 19.3 Å². The van der Waals surface area contributed by atoms with Gasteiger partial charge in [-0.3, -0.25) is 4.79 Å². The number of ether oxygens (including phenoxy) is 3. The maximum atomic E-state index is 12.4. The number of hydrogen-bond donors (Lipinski definition) is 2. The van der Waals surface area contributed by atoms with E-state index < -0.39 is 6.29 Å². The van der Waals surface area contributed by atoms with Crippen LogP contribution in [0.5, 0.6) is 0 Å². The summed E-state index contributed by atoms with van der Waals surface area (Å²) in [5.41, 5.74) is 1.17. The molecule has 7 heteroatoms. The van der Waals surface area contributed by atoms with Crippen LogP contribution in [0.3, 0.4) is 0 Å². The number of thiophene rings is 1. The molecule has 6 nitrogen and oxygen atoms in total. The topological polar surface area (TPSA) is 77.0 Å². The van der Waals surface area contributed by atoms with Crippen molar-refractivity contribution < 1.29 is 24.1 Å². The van der Waals surface area contributed by atoms with E-state index in [-0.39, 0.29) is 18.4 Å². The van der Waals surface area contributed by atoms with Crippen LogP contribution in [0.4, 0.5) is 0 Å². The molecular formula is C18H25NO5S. The Morgan fingerprint density at radius 2 is 2.24 bits per heavy atom. The Morgan fingerprint density at radius 3 is 2.96 bits per heavy atom. The van der Waals surface area contributed by atoms with Gasteiger partial charge in [0.2, 0.25) is 6.29 Å². The van der Waals surface area contributed by atoms with E-state index in [2.05, 4.69) is 16.8 Å². The number of amides is 1. The van der Waals surface area contributed by atoms with Gasteiger partial charge in [0.15, 0.2) is 5.76 Å². The zero-order chi connectivity index (χ0) is 17.5. The number of rotatable bonds is 10. The van der Waals surface area contributed by atoms with Gasteiger partial charge in [-0.25, -0.2) is 0 Å². The second kappa shape index (κ2) is 9.33. The maximum absolute atomic E-state index is 12.4.